The number of aromatic nitrogens is 1. The quantitative estimate of drug-likeness (QED) is 0.747. The normalized spacial score (nSPS) is 17.0. The average Bonchev–Trinajstić information content (AvgIpc) is 2.92. The molecule has 1 heterocycles. The molecule has 1 aromatic rings. The second-order valence-electron chi connectivity index (χ2n) is 6.05. The van der Waals surface area contributed by atoms with Crippen LogP contribution in [0.1, 0.15) is 46.0 Å². The highest BCUT2D eigenvalue weighted by molar-refractivity contribution is 7.89. The SMILES string of the molecule is CC(C)CCN(C1CCCC1)S(=O)(=O)c1ccnc(Cl)c1. The van der Waals surface area contributed by atoms with Crippen LogP contribution < -0.4 is 0 Å². The summed E-state index contributed by atoms with van der Waals surface area (Å²) < 4.78 is 27.5. The van der Waals surface area contributed by atoms with Crippen LogP contribution in [0.5, 0.6) is 0 Å². The fraction of sp³-hybridized carbons (Fsp3) is 0.667. The Balaban J connectivity index is 2.29. The second-order valence-corrected chi connectivity index (χ2v) is 8.33. The smallest absolute Gasteiger partial charge is 0.243 e. The molecule has 0 atom stereocenters. The van der Waals surface area contributed by atoms with E-state index in [0.29, 0.717) is 12.5 Å². The number of halogens is 1. The Bertz CT molecular complexity index is 569. The third-order valence-electron chi connectivity index (χ3n) is 3.96. The molecule has 1 aromatic heterocycles. The molecule has 21 heavy (non-hydrogen) atoms. The van der Waals surface area contributed by atoms with Crippen LogP contribution in [0.25, 0.3) is 0 Å². The fourth-order valence-corrected chi connectivity index (χ4v) is 4.71. The lowest BCUT2D eigenvalue weighted by Crippen LogP contribution is -2.39. The van der Waals surface area contributed by atoms with E-state index in [-0.39, 0.29) is 16.1 Å². The van der Waals surface area contributed by atoms with Gasteiger partial charge in [-0.15, -0.1) is 0 Å². The van der Waals surface area contributed by atoms with E-state index in [9.17, 15) is 8.42 Å². The molecule has 2 rings (SSSR count). The molecule has 118 valence electrons. The first kappa shape index (κ1) is 16.7. The van der Waals surface area contributed by atoms with Gasteiger partial charge in [-0.1, -0.05) is 38.3 Å². The van der Waals surface area contributed by atoms with Gasteiger partial charge >= 0.3 is 0 Å². The van der Waals surface area contributed by atoms with Gasteiger partial charge < -0.3 is 0 Å². The first-order valence-corrected chi connectivity index (χ1v) is 9.36. The van der Waals surface area contributed by atoms with Gasteiger partial charge in [-0.25, -0.2) is 13.4 Å². The lowest BCUT2D eigenvalue weighted by Gasteiger charge is -2.28. The second kappa shape index (κ2) is 7.07. The molecule has 0 aliphatic heterocycles. The van der Waals surface area contributed by atoms with Crippen LogP contribution in [0.2, 0.25) is 5.15 Å². The zero-order valence-electron chi connectivity index (χ0n) is 12.6. The number of sulfonamides is 1. The summed E-state index contributed by atoms with van der Waals surface area (Å²) in [6, 6.07) is 3.09. The Hall–Kier alpha value is -0.650. The maximum absolute atomic E-state index is 12.9. The van der Waals surface area contributed by atoms with Crippen LogP contribution >= 0.6 is 11.6 Å². The zero-order valence-corrected chi connectivity index (χ0v) is 14.2. The van der Waals surface area contributed by atoms with Gasteiger partial charge in [0, 0.05) is 18.8 Å². The molecule has 1 aliphatic carbocycles. The van der Waals surface area contributed by atoms with E-state index >= 15 is 0 Å². The number of hydrogen-bond acceptors (Lipinski definition) is 3. The summed E-state index contributed by atoms with van der Waals surface area (Å²) in [4.78, 5) is 4.12. The van der Waals surface area contributed by atoms with Gasteiger partial charge in [-0.05, 0) is 37.3 Å². The summed E-state index contributed by atoms with van der Waals surface area (Å²) in [5, 5.41) is 0.214. The number of nitrogens with zero attached hydrogens (tertiary/aromatic N) is 2. The molecule has 1 fully saturated rings. The number of rotatable bonds is 6. The minimum Gasteiger partial charge on any atom is -0.244 e. The van der Waals surface area contributed by atoms with E-state index < -0.39 is 10.0 Å². The maximum atomic E-state index is 12.9. The van der Waals surface area contributed by atoms with Crippen molar-refractivity contribution in [3.63, 3.8) is 0 Å². The van der Waals surface area contributed by atoms with Gasteiger partial charge in [0.15, 0.2) is 0 Å². The van der Waals surface area contributed by atoms with E-state index in [2.05, 4.69) is 18.8 Å². The minimum absolute atomic E-state index is 0.126. The molecule has 0 spiro atoms. The van der Waals surface area contributed by atoms with Crippen LogP contribution in [-0.4, -0.2) is 30.3 Å². The Labute approximate surface area is 132 Å². The summed E-state index contributed by atoms with van der Waals surface area (Å²) in [5.41, 5.74) is 0. The lowest BCUT2D eigenvalue weighted by atomic mass is 10.1. The summed E-state index contributed by atoms with van der Waals surface area (Å²) in [6.45, 7) is 4.80. The molecule has 0 amide bonds. The molecular weight excluding hydrogens is 308 g/mol. The molecule has 6 heteroatoms. The van der Waals surface area contributed by atoms with E-state index in [1.54, 1.807) is 4.31 Å². The largest absolute Gasteiger partial charge is 0.244 e. The van der Waals surface area contributed by atoms with E-state index in [4.69, 9.17) is 11.6 Å². The Kier molecular flexibility index (Phi) is 5.63. The Morgan fingerprint density at radius 1 is 1.38 bits per heavy atom. The van der Waals surface area contributed by atoms with Gasteiger partial charge in [-0.2, -0.15) is 4.31 Å². The van der Waals surface area contributed by atoms with Crippen molar-refractivity contribution in [1.29, 1.82) is 0 Å². The lowest BCUT2D eigenvalue weighted by molar-refractivity contribution is 0.304. The van der Waals surface area contributed by atoms with Gasteiger partial charge in [0.25, 0.3) is 0 Å². The van der Waals surface area contributed by atoms with Crippen molar-refractivity contribution in [2.45, 2.75) is 56.9 Å². The molecule has 0 N–H and O–H groups in total. The third kappa shape index (κ3) is 4.18. The van der Waals surface area contributed by atoms with Gasteiger partial charge in [-0.3, -0.25) is 0 Å². The number of pyridine rings is 1. The van der Waals surface area contributed by atoms with Crippen molar-refractivity contribution in [2.24, 2.45) is 5.92 Å². The first-order chi connectivity index (χ1) is 9.91. The van der Waals surface area contributed by atoms with Gasteiger partial charge in [0.2, 0.25) is 10.0 Å². The maximum Gasteiger partial charge on any atom is 0.243 e. The predicted molar refractivity (Wildman–Crippen MR) is 84.8 cm³/mol. The highest BCUT2D eigenvalue weighted by Crippen LogP contribution is 2.29. The van der Waals surface area contributed by atoms with Crippen LogP contribution in [0, 0.1) is 5.92 Å². The van der Waals surface area contributed by atoms with Crippen LogP contribution in [0.15, 0.2) is 23.2 Å². The molecule has 0 radical (unpaired) electrons. The molecule has 0 bridgehead atoms. The summed E-state index contributed by atoms with van der Waals surface area (Å²) in [6.07, 6.45) is 6.44. The Morgan fingerprint density at radius 3 is 2.62 bits per heavy atom. The monoisotopic (exact) mass is 330 g/mol. The minimum atomic E-state index is -3.49. The van der Waals surface area contributed by atoms with Crippen LogP contribution in [-0.2, 0) is 10.0 Å². The first-order valence-electron chi connectivity index (χ1n) is 7.54. The fourth-order valence-electron chi connectivity index (χ4n) is 2.76. The molecule has 0 saturated heterocycles. The van der Waals surface area contributed by atoms with Crippen molar-refractivity contribution in [3.8, 4) is 0 Å². The van der Waals surface area contributed by atoms with E-state index in [1.807, 2.05) is 0 Å². The topological polar surface area (TPSA) is 50.3 Å². The number of hydrogen-bond donors (Lipinski definition) is 0. The molecule has 1 aliphatic rings. The summed E-state index contributed by atoms with van der Waals surface area (Å²) >= 11 is 5.85. The zero-order chi connectivity index (χ0) is 15.5. The summed E-state index contributed by atoms with van der Waals surface area (Å²) in [5.74, 6) is 0.477. The van der Waals surface area contributed by atoms with Gasteiger partial charge in [0.05, 0.1) is 4.90 Å². The van der Waals surface area contributed by atoms with Crippen molar-refractivity contribution >= 4 is 21.6 Å². The molecular formula is C15H23ClN2O2S. The van der Waals surface area contributed by atoms with Crippen molar-refractivity contribution in [1.82, 2.24) is 9.29 Å². The van der Waals surface area contributed by atoms with Gasteiger partial charge in [0.1, 0.15) is 5.15 Å². The standard InChI is InChI=1S/C15H23ClN2O2S/c1-12(2)8-10-18(13-5-3-4-6-13)21(19,20)14-7-9-17-15(16)11-14/h7,9,11-13H,3-6,8,10H2,1-2H3. The molecule has 4 nitrogen and oxygen atoms in total. The van der Waals surface area contributed by atoms with Crippen molar-refractivity contribution in [3.05, 3.63) is 23.5 Å². The average molecular weight is 331 g/mol. The van der Waals surface area contributed by atoms with Crippen molar-refractivity contribution < 1.29 is 8.42 Å². The van der Waals surface area contributed by atoms with E-state index in [0.717, 1.165) is 32.1 Å². The van der Waals surface area contributed by atoms with Crippen molar-refractivity contribution in [2.75, 3.05) is 6.54 Å². The Morgan fingerprint density at radius 2 is 2.05 bits per heavy atom. The highest BCUT2D eigenvalue weighted by atomic mass is 35.5. The van der Waals surface area contributed by atoms with E-state index in [1.165, 1.54) is 18.3 Å². The molecule has 0 aromatic carbocycles. The summed E-state index contributed by atoms with van der Waals surface area (Å²) in [7, 11) is -3.49. The predicted octanol–water partition coefficient (Wildman–Crippen LogP) is 3.71. The van der Waals surface area contributed by atoms with Crippen LogP contribution in [0.4, 0.5) is 0 Å². The highest BCUT2D eigenvalue weighted by Gasteiger charge is 2.33. The molecule has 1 saturated carbocycles. The molecule has 0 unspecified atom stereocenters. The van der Waals surface area contributed by atoms with Crippen LogP contribution in [0.3, 0.4) is 0 Å². The third-order valence-corrected chi connectivity index (χ3v) is 6.12.